The lowest BCUT2D eigenvalue weighted by Gasteiger charge is -2.37. The van der Waals surface area contributed by atoms with E-state index in [1.165, 1.54) is 38.5 Å². The highest BCUT2D eigenvalue weighted by Crippen LogP contribution is 2.45. The van der Waals surface area contributed by atoms with Gasteiger partial charge in [-0.3, -0.25) is 0 Å². The molecule has 1 aromatic carbocycles. The van der Waals surface area contributed by atoms with Crippen LogP contribution in [0.1, 0.15) is 63.0 Å². The van der Waals surface area contributed by atoms with Crippen molar-refractivity contribution in [3.8, 4) is 5.75 Å². The molecule has 1 saturated carbocycles. The number of benzene rings is 1. The highest BCUT2D eigenvalue weighted by atomic mass is 16.5. The van der Waals surface area contributed by atoms with E-state index in [0.29, 0.717) is 0 Å². The molecule has 0 heterocycles. The van der Waals surface area contributed by atoms with Crippen molar-refractivity contribution < 1.29 is 4.74 Å². The molecule has 0 saturated heterocycles. The monoisotopic (exact) mass is 246 g/mol. The Morgan fingerprint density at radius 3 is 2.61 bits per heavy atom. The van der Waals surface area contributed by atoms with Crippen molar-refractivity contribution in [3.63, 3.8) is 0 Å². The van der Waals surface area contributed by atoms with E-state index < -0.39 is 0 Å². The molecule has 0 bridgehead atoms. The summed E-state index contributed by atoms with van der Waals surface area (Å²) >= 11 is 0. The highest BCUT2D eigenvalue weighted by molar-refractivity contribution is 5.40. The Morgan fingerprint density at radius 1 is 1.06 bits per heavy atom. The molecule has 2 atom stereocenters. The topological polar surface area (TPSA) is 9.23 Å². The van der Waals surface area contributed by atoms with Gasteiger partial charge < -0.3 is 4.74 Å². The van der Waals surface area contributed by atoms with E-state index in [1.807, 2.05) is 13.8 Å². The van der Waals surface area contributed by atoms with Crippen LogP contribution in [0.25, 0.3) is 0 Å². The van der Waals surface area contributed by atoms with Crippen LogP contribution in [0.3, 0.4) is 0 Å². The van der Waals surface area contributed by atoms with Gasteiger partial charge in [-0.2, -0.15) is 0 Å². The molecule has 0 N–H and O–H groups in total. The quantitative estimate of drug-likeness (QED) is 0.682. The summed E-state index contributed by atoms with van der Waals surface area (Å²) in [5, 5.41) is 0. The molecule has 0 radical (unpaired) electrons. The summed E-state index contributed by atoms with van der Waals surface area (Å²) < 4.78 is 5.36. The zero-order valence-corrected chi connectivity index (χ0v) is 12.0. The first-order valence-corrected chi connectivity index (χ1v) is 7.55. The van der Waals surface area contributed by atoms with Crippen LogP contribution in [-0.2, 0) is 6.42 Å². The maximum absolute atomic E-state index is 5.36. The average molecular weight is 246 g/mol. The number of aryl methyl sites for hydroxylation is 1. The molecule has 2 unspecified atom stereocenters. The van der Waals surface area contributed by atoms with E-state index in [-0.39, 0.29) is 0 Å². The van der Waals surface area contributed by atoms with Crippen LogP contribution < -0.4 is 4.74 Å². The predicted molar refractivity (Wildman–Crippen MR) is 77.4 cm³/mol. The smallest absolute Gasteiger partial charge is 0.119 e. The van der Waals surface area contributed by atoms with Gasteiger partial charge in [0.15, 0.2) is 0 Å². The lowest BCUT2D eigenvalue weighted by molar-refractivity contribution is 0.275. The minimum Gasteiger partial charge on any atom is -0.497 e. The largest absolute Gasteiger partial charge is 0.497 e. The summed E-state index contributed by atoms with van der Waals surface area (Å²) in [5.41, 5.74) is 3.17. The molecule has 18 heavy (non-hydrogen) atoms. The van der Waals surface area contributed by atoms with Gasteiger partial charge in [-0.25, -0.2) is 0 Å². The Balaban J connectivity index is 0.000000574. The first kappa shape index (κ1) is 13.5. The van der Waals surface area contributed by atoms with E-state index in [4.69, 9.17) is 4.74 Å². The highest BCUT2D eigenvalue weighted by Gasteiger charge is 2.31. The van der Waals surface area contributed by atoms with Gasteiger partial charge in [0, 0.05) is 0 Å². The molecule has 1 aromatic rings. The summed E-state index contributed by atoms with van der Waals surface area (Å²) in [6.45, 7) is 4.00. The maximum Gasteiger partial charge on any atom is 0.119 e. The molecule has 3 rings (SSSR count). The lowest BCUT2D eigenvalue weighted by atomic mass is 9.68. The number of methoxy groups -OCH3 is 1. The summed E-state index contributed by atoms with van der Waals surface area (Å²) in [6, 6.07) is 6.68. The van der Waals surface area contributed by atoms with E-state index in [0.717, 1.165) is 17.6 Å². The van der Waals surface area contributed by atoms with Crippen LogP contribution in [0.5, 0.6) is 5.75 Å². The van der Waals surface area contributed by atoms with Crippen molar-refractivity contribution in [3.05, 3.63) is 29.3 Å². The molecule has 1 heteroatoms. The van der Waals surface area contributed by atoms with Crippen molar-refractivity contribution in [2.24, 2.45) is 5.92 Å². The van der Waals surface area contributed by atoms with Gasteiger partial charge in [-0.15, -0.1) is 0 Å². The molecule has 100 valence electrons. The van der Waals surface area contributed by atoms with Gasteiger partial charge in [0.2, 0.25) is 0 Å². The van der Waals surface area contributed by atoms with Crippen LogP contribution in [0, 0.1) is 5.92 Å². The van der Waals surface area contributed by atoms with Crippen molar-refractivity contribution in [2.45, 2.75) is 58.3 Å². The third-order valence-corrected chi connectivity index (χ3v) is 4.45. The summed E-state index contributed by atoms with van der Waals surface area (Å²) in [7, 11) is 1.77. The van der Waals surface area contributed by atoms with Crippen LogP contribution in [0.2, 0.25) is 0 Å². The van der Waals surface area contributed by atoms with E-state index in [1.54, 1.807) is 18.2 Å². The summed E-state index contributed by atoms with van der Waals surface area (Å²) in [4.78, 5) is 0. The second-order valence-electron chi connectivity index (χ2n) is 5.25. The van der Waals surface area contributed by atoms with E-state index >= 15 is 0 Å². The first-order valence-electron chi connectivity index (χ1n) is 7.55. The van der Waals surface area contributed by atoms with E-state index in [2.05, 4.69) is 18.2 Å². The van der Waals surface area contributed by atoms with Crippen LogP contribution in [0.15, 0.2) is 18.2 Å². The Morgan fingerprint density at radius 2 is 1.83 bits per heavy atom. The van der Waals surface area contributed by atoms with Crippen LogP contribution in [0.4, 0.5) is 0 Å². The molecule has 2 aliphatic rings. The number of hydrogen-bond donors (Lipinski definition) is 0. The molecule has 0 spiro atoms. The molecular weight excluding hydrogens is 220 g/mol. The lowest BCUT2D eigenvalue weighted by Crippen LogP contribution is -2.23. The van der Waals surface area contributed by atoms with Crippen molar-refractivity contribution in [1.29, 1.82) is 0 Å². The Labute approximate surface area is 112 Å². The summed E-state index contributed by atoms with van der Waals surface area (Å²) in [5.74, 6) is 2.81. The van der Waals surface area contributed by atoms with Crippen molar-refractivity contribution in [1.82, 2.24) is 0 Å². The maximum atomic E-state index is 5.36. The van der Waals surface area contributed by atoms with Gasteiger partial charge in [0.05, 0.1) is 7.11 Å². The van der Waals surface area contributed by atoms with Crippen molar-refractivity contribution >= 4 is 0 Å². The number of hydrogen-bond acceptors (Lipinski definition) is 1. The molecule has 0 aliphatic heterocycles. The van der Waals surface area contributed by atoms with Gasteiger partial charge in [0.1, 0.15) is 5.75 Å². The third-order valence-electron chi connectivity index (χ3n) is 4.45. The van der Waals surface area contributed by atoms with E-state index in [9.17, 15) is 0 Å². The Bertz CT molecular complexity index is 383. The Hall–Kier alpha value is -0.980. The second kappa shape index (κ2) is 6.26. The fraction of sp³-hybridized carbons (Fsp3) is 0.647. The fourth-order valence-electron chi connectivity index (χ4n) is 3.58. The molecule has 2 aliphatic carbocycles. The van der Waals surface area contributed by atoms with Crippen LogP contribution in [-0.4, -0.2) is 7.11 Å². The Kier molecular flexibility index (Phi) is 4.68. The first-order chi connectivity index (χ1) is 8.88. The molecule has 0 aromatic heterocycles. The predicted octanol–water partition coefficient (Wildman–Crippen LogP) is 4.94. The SMILES string of the molecule is CC.COc1ccc2c(c1)C1CCCCC1CC2. The van der Waals surface area contributed by atoms with Gasteiger partial charge in [-0.05, 0) is 60.8 Å². The number of fused-ring (bicyclic) bond motifs is 3. The minimum atomic E-state index is 0.826. The van der Waals surface area contributed by atoms with Gasteiger partial charge >= 0.3 is 0 Å². The third kappa shape index (κ3) is 2.55. The second-order valence-corrected chi connectivity index (χ2v) is 5.25. The standard InChI is InChI=1S/C15H20O.C2H6/c1-16-13-9-8-12-7-6-11-4-2-3-5-14(11)15(12)10-13;1-2/h8-11,14H,2-7H2,1H3;1-2H3. The zero-order chi connectivity index (χ0) is 13.0. The zero-order valence-electron chi connectivity index (χ0n) is 12.0. The minimum absolute atomic E-state index is 0.826. The number of rotatable bonds is 1. The van der Waals surface area contributed by atoms with Gasteiger partial charge in [-0.1, -0.05) is 32.8 Å². The van der Waals surface area contributed by atoms with Crippen LogP contribution >= 0.6 is 0 Å². The summed E-state index contributed by atoms with van der Waals surface area (Å²) in [6.07, 6.45) is 8.38. The number of ether oxygens (including phenoxy) is 1. The molecule has 1 fully saturated rings. The normalized spacial score (nSPS) is 25.3. The average Bonchev–Trinajstić information content (AvgIpc) is 2.48. The molecule has 1 nitrogen and oxygen atoms in total. The fourth-order valence-corrected chi connectivity index (χ4v) is 3.58. The molecular formula is C17H26O. The van der Waals surface area contributed by atoms with Gasteiger partial charge in [0.25, 0.3) is 0 Å². The van der Waals surface area contributed by atoms with Crippen molar-refractivity contribution in [2.75, 3.05) is 7.11 Å². The molecule has 0 amide bonds.